The van der Waals surface area contributed by atoms with Crippen molar-refractivity contribution in [3.05, 3.63) is 76.0 Å². The van der Waals surface area contributed by atoms with Crippen molar-refractivity contribution in [3.8, 4) is 5.69 Å². The van der Waals surface area contributed by atoms with Crippen LogP contribution in [0.15, 0.2) is 53.3 Å². The van der Waals surface area contributed by atoms with Gasteiger partial charge in [0.2, 0.25) is 0 Å². The summed E-state index contributed by atoms with van der Waals surface area (Å²) in [4.78, 5) is 24.5. The van der Waals surface area contributed by atoms with E-state index in [4.69, 9.17) is 5.73 Å². The van der Waals surface area contributed by atoms with Gasteiger partial charge >= 0.3 is 0 Å². The summed E-state index contributed by atoms with van der Waals surface area (Å²) in [5, 5.41) is 0.492. The van der Waals surface area contributed by atoms with Gasteiger partial charge in [-0.05, 0) is 31.2 Å². The lowest BCUT2D eigenvalue weighted by molar-refractivity contribution is 0.100. The van der Waals surface area contributed by atoms with Crippen LogP contribution in [0.25, 0.3) is 16.5 Å². The van der Waals surface area contributed by atoms with E-state index in [0.717, 1.165) is 6.07 Å². The number of carbonyl (C=O) groups excluding carboxylic acids is 1. The van der Waals surface area contributed by atoms with Gasteiger partial charge in [0.25, 0.3) is 11.5 Å². The molecule has 110 valence electrons. The minimum absolute atomic E-state index is 0.128. The Morgan fingerprint density at radius 1 is 1.09 bits per heavy atom. The molecule has 2 N–H and O–H groups in total. The van der Waals surface area contributed by atoms with Gasteiger partial charge in [0, 0.05) is 16.8 Å². The van der Waals surface area contributed by atoms with Gasteiger partial charge in [-0.1, -0.05) is 24.3 Å². The number of para-hydroxylation sites is 1. The fourth-order valence-electron chi connectivity index (χ4n) is 2.69. The van der Waals surface area contributed by atoms with Crippen LogP contribution in [0.2, 0.25) is 0 Å². The molecule has 0 saturated heterocycles. The predicted octanol–water partition coefficient (Wildman–Crippen LogP) is 2.54. The van der Waals surface area contributed by atoms with Crippen molar-refractivity contribution in [3.63, 3.8) is 0 Å². The maximum Gasteiger partial charge on any atom is 0.263 e. The summed E-state index contributed by atoms with van der Waals surface area (Å²) >= 11 is 0. The van der Waals surface area contributed by atoms with E-state index in [1.807, 2.05) is 6.07 Å². The Labute approximate surface area is 125 Å². The van der Waals surface area contributed by atoms with Crippen molar-refractivity contribution in [1.29, 1.82) is 0 Å². The minimum atomic E-state index is -0.654. The van der Waals surface area contributed by atoms with Gasteiger partial charge in [-0.2, -0.15) is 0 Å². The summed E-state index contributed by atoms with van der Waals surface area (Å²) in [7, 11) is 0. The second-order valence-electron chi connectivity index (χ2n) is 4.99. The van der Waals surface area contributed by atoms with Crippen LogP contribution >= 0.6 is 0 Å². The lowest BCUT2D eigenvalue weighted by atomic mass is 10.0. The zero-order valence-electron chi connectivity index (χ0n) is 11.8. The minimum Gasteiger partial charge on any atom is -0.366 e. The number of primary amides is 1. The summed E-state index contributed by atoms with van der Waals surface area (Å²) in [6, 6.07) is 12.6. The number of benzene rings is 2. The maximum atomic E-state index is 13.5. The van der Waals surface area contributed by atoms with Gasteiger partial charge in [-0.25, -0.2) is 4.39 Å². The number of amides is 1. The number of halogens is 1. The van der Waals surface area contributed by atoms with Crippen LogP contribution in [-0.2, 0) is 0 Å². The standard InChI is InChI=1S/C17H13FN2O2/c1-10-15(16(19)21)13-8-7-11(18)9-14(13)17(22)20(10)12-5-3-2-4-6-12/h2-9H,1H3,(H2,19,21). The van der Waals surface area contributed by atoms with Crippen molar-refractivity contribution in [2.75, 3.05) is 0 Å². The summed E-state index contributed by atoms with van der Waals surface area (Å²) < 4.78 is 14.9. The Morgan fingerprint density at radius 2 is 1.77 bits per heavy atom. The van der Waals surface area contributed by atoms with Crippen LogP contribution < -0.4 is 11.3 Å². The smallest absolute Gasteiger partial charge is 0.263 e. The van der Waals surface area contributed by atoms with E-state index in [9.17, 15) is 14.0 Å². The van der Waals surface area contributed by atoms with E-state index < -0.39 is 11.7 Å². The van der Waals surface area contributed by atoms with E-state index in [-0.39, 0.29) is 16.5 Å². The molecule has 1 heterocycles. The molecule has 3 rings (SSSR count). The van der Waals surface area contributed by atoms with Gasteiger partial charge in [0.05, 0.1) is 10.9 Å². The average Bonchev–Trinajstić information content (AvgIpc) is 2.49. The van der Waals surface area contributed by atoms with Gasteiger partial charge in [-0.15, -0.1) is 0 Å². The molecule has 0 fully saturated rings. The molecule has 3 aromatic rings. The fraction of sp³-hybridized carbons (Fsp3) is 0.0588. The second-order valence-corrected chi connectivity index (χ2v) is 4.99. The molecule has 0 spiro atoms. The third-order valence-corrected chi connectivity index (χ3v) is 3.64. The lowest BCUT2D eigenvalue weighted by Gasteiger charge is -2.15. The molecule has 0 aliphatic heterocycles. The molecule has 0 bridgehead atoms. The molecule has 1 aromatic heterocycles. The first-order valence-corrected chi connectivity index (χ1v) is 6.71. The largest absolute Gasteiger partial charge is 0.366 e. The number of pyridine rings is 1. The monoisotopic (exact) mass is 296 g/mol. The van der Waals surface area contributed by atoms with Crippen molar-refractivity contribution in [2.24, 2.45) is 5.73 Å². The molecule has 5 heteroatoms. The molecule has 0 aliphatic rings. The van der Waals surface area contributed by atoms with E-state index >= 15 is 0 Å². The molecule has 4 nitrogen and oxygen atoms in total. The Bertz CT molecular complexity index is 946. The highest BCUT2D eigenvalue weighted by Gasteiger charge is 2.18. The SMILES string of the molecule is Cc1c(C(N)=O)c2ccc(F)cc2c(=O)n1-c1ccccc1. The zero-order valence-corrected chi connectivity index (χ0v) is 11.8. The maximum absolute atomic E-state index is 13.5. The Morgan fingerprint density at radius 3 is 2.41 bits per heavy atom. The number of nitrogens with two attached hydrogens (primary N) is 1. The molecule has 22 heavy (non-hydrogen) atoms. The average molecular weight is 296 g/mol. The quantitative estimate of drug-likeness (QED) is 0.789. The van der Waals surface area contributed by atoms with Crippen molar-refractivity contribution < 1.29 is 9.18 Å². The van der Waals surface area contributed by atoms with Gasteiger partial charge < -0.3 is 5.73 Å². The summed E-state index contributed by atoms with van der Waals surface area (Å²) in [6.07, 6.45) is 0. The second kappa shape index (κ2) is 5.11. The summed E-state index contributed by atoms with van der Waals surface area (Å²) in [5.41, 5.74) is 6.33. The highest BCUT2D eigenvalue weighted by molar-refractivity contribution is 6.07. The molecule has 0 atom stereocenters. The highest BCUT2D eigenvalue weighted by Crippen LogP contribution is 2.22. The lowest BCUT2D eigenvalue weighted by Crippen LogP contribution is -2.26. The van der Waals surface area contributed by atoms with Crippen LogP contribution in [0.5, 0.6) is 0 Å². The van der Waals surface area contributed by atoms with Crippen molar-refractivity contribution in [2.45, 2.75) is 6.92 Å². The number of aromatic nitrogens is 1. The molecule has 0 aliphatic carbocycles. The van der Waals surface area contributed by atoms with Crippen LogP contribution in [0.3, 0.4) is 0 Å². The first-order chi connectivity index (χ1) is 10.5. The molecular weight excluding hydrogens is 283 g/mol. The first kappa shape index (κ1) is 14.0. The molecule has 0 saturated carbocycles. The molecule has 1 amide bonds. The van der Waals surface area contributed by atoms with Crippen molar-refractivity contribution in [1.82, 2.24) is 4.57 Å². The topological polar surface area (TPSA) is 65.1 Å². The third kappa shape index (κ3) is 2.07. The van der Waals surface area contributed by atoms with Gasteiger partial charge in [0.1, 0.15) is 5.82 Å². The normalized spacial score (nSPS) is 10.8. The van der Waals surface area contributed by atoms with Crippen LogP contribution in [0.4, 0.5) is 4.39 Å². The van der Waals surface area contributed by atoms with E-state index in [2.05, 4.69) is 0 Å². The van der Waals surface area contributed by atoms with Gasteiger partial charge in [0.15, 0.2) is 0 Å². The Hall–Kier alpha value is -2.95. The van der Waals surface area contributed by atoms with Gasteiger partial charge in [-0.3, -0.25) is 14.2 Å². The molecule has 0 unspecified atom stereocenters. The molecular formula is C17H13FN2O2. The Kier molecular flexibility index (Phi) is 3.25. The van der Waals surface area contributed by atoms with E-state index in [1.165, 1.54) is 16.7 Å². The predicted molar refractivity (Wildman–Crippen MR) is 82.8 cm³/mol. The van der Waals surface area contributed by atoms with Crippen LogP contribution in [-0.4, -0.2) is 10.5 Å². The number of carbonyl (C=O) groups is 1. The number of fused-ring (bicyclic) bond motifs is 1. The highest BCUT2D eigenvalue weighted by atomic mass is 19.1. The Balaban J connectivity index is 2.54. The van der Waals surface area contributed by atoms with E-state index in [0.29, 0.717) is 16.8 Å². The summed E-state index contributed by atoms with van der Waals surface area (Å²) in [6.45, 7) is 1.65. The van der Waals surface area contributed by atoms with E-state index in [1.54, 1.807) is 31.2 Å². The number of rotatable bonds is 2. The van der Waals surface area contributed by atoms with Crippen LogP contribution in [0, 0.1) is 12.7 Å². The number of hydrogen-bond acceptors (Lipinski definition) is 2. The third-order valence-electron chi connectivity index (χ3n) is 3.64. The number of hydrogen-bond donors (Lipinski definition) is 1. The van der Waals surface area contributed by atoms with Crippen molar-refractivity contribution >= 4 is 16.7 Å². The molecule has 0 radical (unpaired) electrons. The molecule has 2 aromatic carbocycles. The number of nitrogens with zero attached hydrogens (tertiary/aromatic N) is 1. The fourth-order valence-corrected chi connectivity index (χ4v) is 2.69. The zero-order chi connectivity index (χ0) is 15.9. The summed E-state index contributed by atoms with van der Waals surface area (Å²) in [5.74, 6) is -1.19. The first-order valence-electron chi connectivity index (χ1n) is 6.71. The van der Waals surface area contributed by atoms with Crippen LogP contribution in [0.1, 0.15) is 16.1 Å².